The molecule has 132 valence electrons. The van der Waals surface area contributed by atoms with Crippen LogP contribution >= 0.6 is 11.3 Å². The maximum atomic E-state index is 12.6. The van der Waals surface area contributed by atoms with Gasteiger partial charge in [-0.15, -0.1) is 11.3 Å². The molecule has 1 aliphatic rings. The summed E-state index contributed by atoms with van der Waals surface area (Å²) in [5.74, 6) is -0.0843. The van der Waals surface area contributed by atoms with E-state index in [1.54, 1.807) is 11.3 Å². The molecule has 5 rings (SSSR count). The van der Waals surface area contributed by atoms with Gasteiger partial charge in [-0.1, -0.05) is 36.4 Å². The van der Waals surface area contributed by atoms with Gasteiger partial charge in [0.15, 0.2) is 0 Å². The number of benzene rings is 2. The molecule has 0 fully saturated rings. The van der Waals surface area contributed by atoms with Crippen LogP contribution in [0.3, 0.4) is 0 Å². The number of para-hydroxylation sites is 2. The molecule has 6 heteroatoms. The summed E-state index contributed by atoms with van der Waals surface area (Å²) in [6, 6.07) is 21.6. The topological polar surface area (TPSA) is 59.0 Å². The summed E-state index contributed by atoms with van der Waals surface area (Å²) in [5.41, 5.74) is 4.26. The van der Waals surface area contributed by atoms with Gasteiger partial charge in [0.25, 0.3) is 5.91 Å². The summed E-state index contributed by atoms with van der Waals surface area (Å²) in [4.78, 5) is 13.6. The van der Waals surface area contributed by atoms with Gasteiger partial charge < -0.3 is 10.6 Å². The lowest BCUT2D eigenvalue weighted by Crippen LogP contribution is -2.38. The summed E-state index contributed by atoms with van der Waals surface area (Å²) in [7, 11) is 0. The molecule has 2 aromatic carbocycles. The Labute approximate surface area is 160 Å². The highest BCUT2D eigenvalue weighted by atomic mass is 32.1. The second kappa shape index (κ2) is 6.41. The van der Waals surface area contributed by atoms with Crippen molar-refractivity contribution < 1.29 is 4.79 Å². The van der Waals surface area contributed by atoms with E-state index in [4.69, 9.17) is 5.10 Å². The smallest absolute Gasteiger partial charge is 0.255 e. The number of rotatable bonds is 3. The largest absolute Gasteiger partial charge is 0.361 e. The molecule has 4 aromatic rings. The second-order valence-electron chi connectivity index (χ2n) is 6.29. The minimum atomic E-state index is -0.345. The summed E-state index contributed by atoms with van der Waals surface area (Å²) < 4.78 is 1.86. The number of nitrogens with zero attached hydrogens (tertiary/aromatic N) is 2. The highest BCUT2D eigenvalue weighted by Gasteiger charge is 2.28. The van der Waals surface area contributed by atoms with Crippen molar-refractivity contribution in [2.24, 2.45) is 0 Å². The number of carbonyl (C=O) groups excluding carboxylic acids is 1. The molecule has 0 bridgehead atoms. The Morgan fingerprint density at radius 2 is 1.74 bits per heavy atom. The first-order valence-electron chi connectivity index (χ1n) is 8.65. The average Bonchev–Trinajstić information content (AvgIpc) is 3.38. The Morgan fingerprint density at radius 3 is 2.56 bits per heavy atom. The van der Waals surface area contributed by atoms with Crippen LogP contribution in [0.4, 0.5) is 5.69 Å². The first-order chi connectivity index (χ1) is 13.3. The molecule has 2 aromatic heterocycles. The highest BCUT2D eigenvalue weighted by Crippen LogP contribution is 2.34. The fourth-order valence-corrected chi connectivity index (χ4v) is 4.01. The first-order valence-corrected chi connectivity index (χ1v) is 9.53. The summed E-state index contributed by atoms with van der Waals surface area (Å²) in [5, 5.41) is 13.3. The molecular formula is C21H16N4OS. The second-order valence-corrected chi connectivity index (χ2v) is 7.23. The van der Waals surface area contributed by atoms with E-state index in [9.17, 15) is 4.79 Å². The van der Waals surface area contributed by atoms with Gasteiger partial charge in [0.2, 0.25) is 0 Å². The maximum absolute atomic E-state index is 12.6. The molecule has 0 saturated heterocycles. The zero-order chi connectivity index (χ0) is 18.2. The third kappa shape index (κ3) is 2.80. The predicted molar refractivity (Wildman–Crippen MR) is 107 cm³/mol. The van der Waals surface area contributed by atoms with Crippen LogP contribution in [0.25, 0.3) is 16.3 Å². The number of hydrogen-bond donors (Lipinski definition) is 2. The van der Waals surface area contributed by atoms with Crippen LogP contribution in [-0.4, -0.2) is 15.7 Å². The standard InChI is InChI=1S/C21H16N4OS/c26-21-15-9-4-5-10-17(15)22-20(23-21)16-13-25(14-7-2-1-3-8-14)24-19(16)18-11-6-12-27-18/h1-13,20,22H,(H,23,26)/t20-/m0/s1. The minimum Gasteiger partial charge on any atom is -0.361 e. The van der Waals surface area contributed by atoms with E-state index in [0.717, 1.165) is 27.5 Å². The average molecular weight is 372 g/mol. The van der Waals surface area contributed by atoms with Crippen molar-refractivity contribution in [2.75, 3.05) is 5.32 Å². The Balaban J connectivity index is 1.61. The Kier molecular flexibility index (Phi) is 3.76. The minimum absolute atomic E-state index is 0.0843. The van der Waals surface area contributed by atoms with Crippen molar-refractivity contribution in [1.82, 2.24) is 15.1 Å². The molecule has 0 saturated carbocycles. The van der Waals surface area contributed by atoms with Crippen molar-refractivity contribution in [3.05, 3.63) is 89.4 Å². The predicted octanol–water partition coefficient (Wildman–Crippen LogP) is 4.45. The lowest BCUT2D eigenvalue weighted by Gasteiger charge is -2.27. The van der Waals surface area contributed by atoms with Crippen LogP contribution < -0.4 is 10.6 Å². The van der Waals surface area contributed by atoms with E-state index in [1.165, 1.54) is 0 Å². The van der Waals surface area contributed by atoms with Crippen molar-refractivity contribution in [3.63, 3.8) is 0 Å². The highest BCUT2D eigenvalue weighted by molar-refractivity contribution is 7.13. The van der Waals surface area contributed by atoms with E-state index >= 15 is 0 Å². The normalized spacial score (nSPS) is 15.7. The molecule has 2 N–H and O–H groups in total. The van der Waals surface area contributed by atoms with E-state index in [-0.39, 0.29) is 12.1 Å². The number of anilines is 1. The van der Waals surface area contributed by atoms with Gasteiger partial charge in [0.1, 0.15) is 11.9 Å². The number of carbonyl (C=O) groups is 1. The Bertz CT molecular complexity index is 1100. The molecular weight excluding hydrogens is 356 g/mol. The summed E-state index contributed by atoms with van der Waals surface area (Å²) >= 11 is 1.63. The summed E-state index contributed by atoms with van der Waals surface area (Å²) in [6.45, 7) is 0. The number of thiophene rings is 1. The van der Waals surface area contributed by atoms with Crippen molar-refractivity contribution in [1.29, 1.82) is 0 Å². The molecule has 1 atom stereocenters. The van der Waals surface area contributed by atoms with Crippen LogP contribution in [0.15, 0.2) is 78.3 Å². The van der Waals surface area contributed by atoms with Gasteiger partial charge in [-0.05, 0) is 35.7 Å². The van der Waals surface area contributed by atoms with Gasteiger partial charge in [-0.3, -0.25) is 4.79 Å². The molecule has 0 unspecified atom stereocenters. The lowest BCUT2D eigenvalue weighted by atomic mass is 10.1. The first kappa shape index (κ1) is 15.8. The molecule has 5 nitrogen and oxygen atoms in total. The fraction of sp³-hybridized carbons (Fsp3) is 0.0476. The molecule has 1 amide bonds. The summed E-state index contributed by atoms with van der Waals surface area (Å²) in [6.07, 6.45) is 1.64. The SMILES string of the molecule is O=C1N[C@@H](c2cn(-c3ccccc3)nc2-c2cccs2)Nc2ccccc21. The van der Waals surface area contributed by atoms with Crippen molar-refractivity contribution in [2.45, 2.75) is 6.17 Å². The van der Waals surface area contributed by atoms with E-state index in [0.29, 0.717) is 5.56 Å². The Morgan fingerprint density at radius 1 is 0.926 bits per heavy atom. The monoisotopic (exact) mass is 372 g/mol. The number of nitrogens with one attached hydrogen (secondary N) is 2. The molecule has 27 heavy (non-hydrogen) atoms. The van der Waals surface area contributed by atoms with Gasteiger partial charge in [0.05, 0.1) is 16.1 Å². The molecule has 0 aliphatic carbocycles. The van der Waals surface area contributed by atoms with Crippen LogP contribution in [-0.2, 0) is 0 Å². The van der Waals surface area contributed by atoms with Gasteiger partial charge in [0, 0.05) is 17.4 Å². The number of aromatic nitrogens is 2. The lowest BCUT2D eigenvalue weighted by molar-refractivity contribution is 0.0936. The quantitative estimate of drug-likeness (QED) is 0.558. The molecule has 1 aliphatic heterocycles. The van der Waals surface area contributed by atoms with Gasteiger partial charge in [-0.25, -0.2) is 4.68 Å². The van der Waals surface area contributed by atoms with Crippen LogP contribution in [0.1, 0.15) is 22.1 Å². The van der Waals surface area contributed by atoms with Crippen LogP contribution in [0.2, 0.25) is 0 Å². The third-order valence-electron chi connectivity index (χ3n) is 4.58. The van der Waals surface area contributed by atoms with Gasteiger partial charge in [-0.2, -0.15) is 5.10 Å². The fourth-order valence-electron chi connectivity index (χ4n) is 3.28. The molecule has 3 heterocycles. The Hall–Kier alpha value is -3.38. The van der Waals surface area contributed by atoms with Crippen LogP contribution in [0.5, 0.6) is 0 Å². The molecule has 0 spiro atoms. The molecule has 0 radical (unpaired) electrons. The number of amides is 1. The van der Waals surface area contributed by atoms with E-state index in [1.807, 2.05) is 83.0 Å². The zero-order valence-corrected chi connectivity index (χ0v) is 15.1. The van der Waals surface area contributed by atoms with Gasteiger partial charge >= 0.3 is 0 Å². The van der Waals surface area contributed by atoms with Crippen molar-refractivity contribution in [3.8, 4) is 16.3 Å². The number of hydrogen-bond acceptors (Lipinski definition) is 4. The third-order valence-corrected chi connectivity index (χ3v) is 5.45. The van der Waals surface area contributed by atoms with E-state index < -0.39 is 0 Å². The van der Waals surface area contributed by atoms with Crippen LogP contribution in [0, 0.1) is 0 Å². The van der Waals surface area contributed by atoms with E-state index in [2.05, 4.69) is 10.6 Å². The maximum Gasteiger partial charge on any atom is 0.255 e. The zero-order valence-electron chi connectivity index (χ0n) is 14.3. The van der Waals surface area contributed by atoms with Crippen molar-refractivity contribution >= 4 is 22.9 Å². The number of fused-ring (bicyclic) bond motifs is 1.